The van der Waals surface area contributed by atoms with Crippen LogP contribution in [0.5, 0.6) is 0 Å². The third-order valence-corrected chi connectivity index (χ3v) is 4.65. The highest BCUT2D eigenvalue weighted by Gasteiger charge is 2.27. The maximum absolute atomic E-state index is 12.2. The van der Waals surface area contributed by atoms with Gasteiger partial charge in [0.2, 0.25) is 5.91 Å². The van der Waals surface area contributed by atoms with E-state index in [1.54, 1.807) is 13.8 Å². The maximum atomic E-state index is 12.2. The Morgan fingerprint density at radius 2 is 2.10 bits per heavy atom. The largest absolute Gasteiger partial charge is 0.462 e. The Morgan fingerprint density at radius 1 is 1.40 bits per heavy atom. The zero-order valence-electron chi connectivity index (χ0n) is 11.6. The number of nitrogens with one attached hydrogen (secondary N) is 1. The van der Waals surface area contributed by atoms with Crippen LogP contribution in [0.2, 0.25) is 0 Å². The predicted molar refractivity (Wildman–Crippen MR) is 80.9 cm³/mol. The van der Waals surface area contributed by atoms with Crippen molar-refractivity contribution in [3.8, 4) is 0 Å². The molecule has 1 heterocycles. The Hall–Kier alpha value is -1.07. The van der Waals surface area contributed by atoms with E-state index in [1.165, 1.54) is 16.2 Å². The molecule has 0 unspecified atom stereocenters. The lowest BCUT2D eigenvalue weighted by Crippen LogP contribution is -2.21. The van der Waals surface area contributed by atoms with Crippen molar-refractivity contribution in [2.45, 2.75) is 44.9 Å². The fourth-order valence-corrected chi connectivity index (χ4v) is 3.62. The van der Waals surface area contributed by atoms with E-state index in [1.807, 2.05) is 0 Å². The monoisotopic (exact) mass is 315 g/mol. The summed E-state index contributed by atoms with van der Waals surface area (Å²) < 4.78 is 5.12. The number of alkyl halides is 1. The molecule has 1 aliphatic carbocycles. The summed E-state index contributed by atoms with van der Waals surface area (Å²) in [6.45, 7) is 3.70. The quantitative estimate of drug-likeness (QED) is 0.684. The molecule has 0 fully saturated rings. The third kappa shape index (κ3) is 3.15. The first-order chi connectivity index (χ1) is 9.54. The first-order valence-electron chi connectivity index (χ1n) is 6.81. The van der Waals surface area contributed by atoms with E-state index >= 15 is 0 Å². The van der Waals surface area contributed by atoms with Crippen LogP contribution in [0.15, 0.2) is 0 Å². The molecule has 0 aromatic carbocycles. The molecule has 1 N–H and O–H groups in total. The average Bonchev–Trinajstić information content (AvgIpc) is 2.76. The average molecular weight is 316 g/mol. The van der Waals surface area contributed by atoms with Gasteiger partial charge >= 0.3 is 5.97 Å². The Morgan fingerprint density at radius 3 is 2.75 bits per heavy atom. The van der Waals surface area contributed by atoms with E-state index in [0.29, 0.717) is 17.2 Å². The summed E-state index contributed by atoms with van der Waals surface area (Å²) in [5.74, 6) is -0.653. The summed E-state index contributed by atoms with van der Waals surface area (Å²) in [5, 5.41) is 2.69. The summed E-state index contributed by atoms with van der Waals surface area (Å²) in [6, 6.07) is 0. The molecule has 0 saturated carbocycles. The number of fused-ring (bicyclic) bond motifs is 1. The van der Waals surface area contributed by atoms with Gasteiger partial charge in [-0.1, -0.05) is 0 Å². The number of hydrogen-bond acceptors (Lipinski definition) is 4. The number of anilines is 1. The van der Waals surface area contributed by atoms with E-state index < -0.39 is 5.38 Å². The second kappa shape index (κ2) is 6.59. The van der Waals surface area contributed by atoms with Crippen LogP contribution >= 0.6 is 22.9 Å². The van der Waals surface area contributed by atoms with Gasteiger partial charge in [0.1, 0.15) is 10.4 Å². The van der Waals surface area contributed by atoms with Gasteiger partial charge in [-0.25, -0.2) is 4.79 Å². The molecule has 1 atom stereocenters. The predicted octanol–water partition coefficient (Wildman–Crippen LogP) is 3.37. The van der Waals surface area contributed by atoms with Crippen LogP contribution < -0.4 is 5.32 Å². The van der Waals surface area contributed by atoms with Gasteiger partial charge in [-0.2, -0.15) is 0 Å². The molecule has 110 valence electrons. The molecular formula is C14H18ClNO3S. The van der Waals surface area contributed by atoms with Crippen molar-refractivity contribution in [3.63, 3.8) is 0 Å². The normalized spacial score (nSPS) is 15.3. The fraction of sp³-hybridized carbons (Fsp3) is 0.571. The molecule has 1 amide bonds. The van der Waals surface area contributed by atoms with Crippen molar-refractivity contribution in [1.29, 1.82) is 0 Å². The van der Waals surface area contributed by atoms with E-state index in [2.05, 4.69) is 5.32 Å². The molecule has 2 rings (SSSR count). The topological polar surface area (TPSA) is 55.4 Å². The smallest absolute Gasteiger partial charge is 0.341 e. The number of halogens is 1. The van der Waals surface area contributed by atoms with Crippen LogP contribution in [0, 0.1) is 0 Å². The van der Waals surface area contributed by atoms with Crippen LogP contribution in [0.1, 0.15) is 47.5 Å². The van der Waals surface area contributed by atoms with Crippen molar-refractivity contribution in [2.24, 2.45) is 0 Å². The number of amides is 1. The van der Waals surface area contributed by atoms with Crippen LogP contribution in [0.4, 0.5) is 5.00 Å². The van der Waals surface area contributed by atoms with Crippen LogP contribution in [0.3, 0.4) is 0 Å². The van der Waals surface area contributed by atoms with Crippen molar-refractivity contribution in [2.75, 3.05) is 11.9 Å². The first kappa shape index (κ1) is 15.3. The van der Waals surface area contributed by atoms with Gasteiger partial charge in [-0.05, 0) is 45.1 Å². The summed E-state index contributed by atoms with van der Waals surface area (Å²) in [4.78, 5) is 25.1. The summed E-state index contributed by atoms with van der Waals surface area (Å²) >= 11 is 7.24. The second-order valence-corrected chi connectivity index (χ2v) is 6.50. The number of aryl methyl sites for hydroxylation is 1. The minimum absolute atomic E-state index is 0.296. The van der Waals surface area contributed by atoms with Gasteiger partial charge in [-0.15, -0.1) is 22.9 Å². The van der Waals surface area contributed by atoms with Gasteiger partial charge < -0.3 is 10.1 Å². The minimum atomic E-state index is -0.635. The first-order valence-corrected chi connectivity index (χ1v) is 8.06. The summed E-state index contributed by atoms with van der Waals surface area (Å²) in [5.41, 5.74) is 1.56. The van der Waals surface area contributed by atoms with Gasteiger partial charge in [0.05, 0.1) is 12.2 Å². The molecular weight excluding hydrogens is 298 g/mol. The fourth-order valence-electron chi connectivity index (χ4n) is 2.28. The second-order valence-electron chi connectivity index (χ2n) is 4.74. The number of carbonyl (C=O) groups is 2. The Balaban J connectivity index is 2.36. The highest BCUT2D eigenvalue weighted by molar-refractivity contribution is 7.17. The molecule has 1 aromatic rings. The number of ether oxygens (including phenoxy) is 1. The Kier molecular flexibility index (Phi) is 5.05. The van der Waals surface area contributed by atoms with Crippen LogP contribution in [0.25, 0.3) is 0 Å². The molecule has 0 aliphatic heterocycles. The minimum Gasteiger partial charge on any atom is -0.462 e. The van der Waals surface area contributed by atoms with Crippen LogP contribution in [-0.4, -0.2) is 23.9 Å². The summed E-state index contributed by atoms with van der Waals surface area (Å²) in [7, 11) is 0. The molecule has 0 bridgehead atoms. The molecule has 0 spiro atoms. The van der Waals surface area contributed by atoms with E-state index in [9.17, 15) is 9.59 Å². The highest BCUT2D eigenvalue weighted by Crippen LogP contribution is 2.38. The number of hydrogen-bond donors (Lipinski definition) is 1. The maximum Gasteiger partial charge on any atom is 0.341 e. The third-order valence-electron chi connectivity index (χ3n) is 3.25. The van der Waals surface area contributed by atoms with Crippen LogP contribution in [-0.2, 0) is 22.4 Å². The van der Waals surface area contributed by atoms with E-state index in [0.717, 1.165) is 31.2 Å². The van der Waals surface area contributed by atoms with E-state index in [4.69, 9.17) is 16.3 Å². The van der Waals surface area contributed by atoms with Crippen molar-refractivity contribution >= 4 is 39.8 Å². The van der Waals surface area contributed by atoms with Crippen molar-refractivity contribution in [1.82, 2.24) is 0 Å². The SMILES string of the molecule is CCOC(=O)c1c(NC(=O)[C@H](C)Cl)sc2c1CCCC2. The molecule has 6 heteroatoms. The Labute approximate surface area is 127 Å². The molecule has 0 saturated heterocycles. The Bertz CT molecular complexity index is 525. The lowest BCUT2D eigenvalue weighted by molar-refractivity contribution is -0.115. The number of esters is 1. The zero-order chi connectivity index (χ0) is 14.7. The summed E-state index contributed by atoms with van der Waals surface area (Å²) in [6.07, 6.45) is 4.01. The number of carbonyl (C=O) groups excluding carboxylic acids is 2. The lowest BCUT2D eigenvalue weighted by atomic mass is 9.95. The van der Waals surface area contributed by atoms with Gasteiger partial charge in [0.15, 0.2) is 0 Å². The van der Waals surface area contributed by atoms with Gasteiger partial charge in [0, 0.05) is 4.88 Å². The van der Waals surface area contributed by atoms with Crippen molar-refractivity contribution < 1.29 is 14.3 Å². The van der Waals surface area contributed by atoms with E-state index in [-0.39, 0.29) is 11.9 Å². The number of rotatable bonds is 4. The zero-order valence-corrected chi connectivity index (χ0v) is 13.2. The molecule has 1 aromatic heterocycles. The number of thiophene rings is 1. The van der Waals surface area contributed by atoms with Gasteiger partial charge in [-0.3, -0.25) is 4.79 Å². The van der Waals surface area contributed by atoms with Crippen molar-refractivity contribution in [3.05, 3.63) is 16.0 Å². The molecule has 0 radical (unpaired) electrons. The highest BCUT2D eigenvalue weighted by atomic mass is 35.5. The molecule has 1 aliphatic rings. The standard InChI is InChI=1S/C14H18ClNO3S/c1-3-19-14(18)11-9-6-4-5-7-10(9)20-13(11)16-12(17)8(2)15/h8H,3-7H2,1-2H3,(H,16,17)/t8-/m0/s1. The lowest BCUT2D eigenvalue weighted by Gasteiger charge is -2.12. The molecule has 4 nitrogen and oxygen atoms in total. The van der Waals surface area contributed by atoms with Gasteiger partial charge in [0.25, 0.3) is 0 Å². The molecule has 20 heavy (non-hydrogen) atoms.